The molecule has 1 heterocycles. The zero-order chi connectivity index (χ0) is 6.97. The molecule has 10 heavy (non-hydrogen) atoms. The third-order valence-corrected chi connectivity index (χ3v) is 1.68. The van der Waals surface area contributed by atoms with Crippen LogP contribution in [0.1, 0.15) is 12.8 Å². The molecule has 1 aliphatic carbocycles. The third kappa shape index (κ3) is 0.635. The third-order valence-electron chi connectivity index (χ3n) is 1.68. The molecule has 1 N–H and O–H groups in total. The second-order valence-corrected chi connectivity index (χ2v) is 2.31. The summed E-state index contributed by atoms with van der Waals surface area (Å²) in [7, 11) is 0. The Morgan fingerprint density at radius 3 is 3.20 bits per heavy atom. The Morgan fingerprint density at radius 1 is 1.50 bits per heavy atom. The fourth-order valence-corrected chi connectivity index (χ4v) is 1.17. The summed E-state index contributed by atoms with van der Waals surface area (Å²) < 4.78 is 0. The van der Waals surface area contributed by atoms with Gasteiger partial charge in [0.1, 0.15) is 5.76 Å². The van der Waals surface area contributed by atoms with E-state index in [1.807, 2.05) is 0 Å². The summed E-state index contributed by atoms with van der Waals surface area (Å²) >= 11 is 0. The molecule has 0 spiro atoms. The standard InChI is InChI=1S/C7H7NO2/c9-6-1-2-7-5(6)3-4-8-10-7/h3-4,8H,1-2H2. The molecular formula is C7H7NO2. The van der Waals surface area contributed by atoms with Crippen LogP contribution >= 0.6 is 0 Å². The topological polar surface area (TPSA) is 38.3 Å². The van der Waals surface area contributed by atoms with Crippen molar-refractivity contribution in [1.82, 2.24) is 5.48 Å². The lowest BCUT2D eigenvalue weighted by Crippen LogP contribution is -2.10. The molecule has 0 fully saturated rings. The number of allylic oxidation sites excluding steroid dienone is 3. The smallest absolute Gasteiger partial charge is 0.166 e. The number of hydroxylamine groups is 1. The van der Waals surface area contributed by atoms with Crippen molar-refractivity contribution in [1.29, 1.82) is 0 Å². The van der Waals surface area contributed by atoms with Gasteiger partial charge < -0.3 is 4.84 Å². The molecule has 0 atom stereocenters. The Kier molecular flexibility index (Phi) is 1.03. The van der Waals surface area contributed by atoms with Crippen LogP contribution in [0.15, 0.2) is 23.6 Å². The molecular weight excluding hydrogens is 130 g/mol. The van der Waals surface area contributed by atoms with Gasteiger partial charge in [-0.15, -0.1) is 0 Å². The molecule has 0 aromatic rings. The summed E-state index contributed by atoms with van der Waals surface area (Å²) in [4.78, 5) is 16.0. The van der Waals surface area contributed by atoms with E-state index in [0.717, 1.165) is 17.8 Å². The molecule has 3 heteroatoms. The summed E-state index contributed by atoms with van der Waals surface area (Å²) in [5.41, 5.74) is 3.32. The van der Waals surface area contributed by atoms with Crippen LogP contribution in [0.3, 0.4) is 0 Å². The Balaban J connectivity index is 2.38. The zero-order valence-corrected chi connectivity index (χ0v) is 5.39. The minimum atomic E-state index is 0.188. The van der Waals surface area contributed by atoms with Gasteiger partial charge in [-0.1, -0.05) is 0 Å². The second-order valence-electron chi connectivity index (χ2n) is 2.31. The molecule has 2 aliphatic rings. The number of ketones is 1. The van der Waals surface area contributed by atoms with Crippen molar-refractivity contribution in [2.45, 2.75) is 12.8 Å². The highest BCUT2D eigenvalue weighted by Crippen LogP contribution is 2.25. The Bertz CT molecular complexity index is 236. The van der Waals surface area contributed by atoms with Gasteiger partial charge in [-0.05, 0) is 6.08 Å². The van der Waals surface area contributed by atoms with E-state index in [4.69, 9.17) is 4.84 Å². The van der Waals surface area contributed by atoms with Crippen LogP contribution in [-0.2, 0) is 9.63 Å². The molecule has 0 saturated carbocycles. The van der Waals surface area contributed by atoms with Crippen molar-refractivity contribution in [3.05, 3.63) is 23.6 Å². The van der Waals surface area contributed by atoms with Crippen molar-refractivity contribution in [3.8, 4) is 0 Å². The second kappa shape index (κ2) is 1.87. The monoisotopic (exact) mass is 137 g/mol. The Hall–Kier alpha value is -1.25. The van der Waals surface area contributed by atoms with Crippen LogP contribution in [0.25, 0.3) is 0 Å². The predicted octanol–water partition coefficient (Wildman–Crippen LogP) is 0.652. The van der Waals surface area contributed by atoms with E-state index in [0.29, 0.717) is 6.42 Å². The minimum Gasteiger partial charge on any atom is -0.386 e. The summed E-state index contributed by atoms with van der Waals surface area (Å²) in [6, 6.07) is 0. The fraction of sp³-hybridized carbons (Fsp3) is 0.286. The lowest BCUT2D eigenvalue weighted by molar-refractivity contribution is -0.114. The van der Waals surface area contributed by atoms with Gasteiger partial charge >= 0.3 is 0 Å². The van der Waals surface area contributed by atoms with Crippen molar-refractivity contribution in [2.75, 3.05) is 0 Å². The molecule has 2 rings (SSSR count). The maximum absolute atomic E-state index is 11.0. The summed E-state index contributed by atoms with van der Waals surface area (Å²) in [6.45, 7) is 0. The zero-order valence-electron chi connectivity index (χ0n) is 5.39. The van der Waals surface area contributed by atoms with Gasteiger partial charge in [-0.3, -0.25) is 4.79 Å². The number of carbonyl (C=O) groups is 1. The SMILES string of the molecule is O=C1CCC2=C1C=CNO2. The van der Waals surface area contributed by atoms with E-state index in [1.165, 1.54) is 0 Å². The predicted molar refractivity (Wildman–Crippen MR) is 34.6 cm³/mol. The molecule has 0 aromatic heterocycles. The molecule has 0 amide bonds. The van der Waals surface area contributed by atoms with Crippen LogP contribution in [0.5, 0.6) is 0 Å². The van der Waals surface area contributed by atoms with E-state index in [2.05, 4.69) is 5.48 Å². The molecule has 0 unspecified atom stereocenters. The van der Waals surface area contributed by atoms with Crippen molar-refractivity contribution in [2.24, 2.45) is 0 Å². The molecule has 0 radical (unpaired) electrons. The highest BCUT2D eigenvalue weighted by atomic mass is 16.6. The van der Waals surface area contributed by atoms with Crippen LogP contribution in [0.2, 0.25) is 0 Å². The van der Waals surface area contributed by atoms with Gasteiger partial charge in [0.25, 0.3) is 0 Å². The normalized spacial score (nSPS) is 22.2. The van der Waals surface area contributed by atoms with Gasteiger partial charge in [-0.25, -0.2) is 5.48 Å². The van der Waals surface area contributed by atoms with E-state index in [-0.39, 0.29) is 5.78 Å². The average Bonchev–Trinajstić information content (AvgIpc) is 2.34. The van der Waals surface area contributed by atoms with Crippen LogP contribution in [0, 0.1) is 0 Å². The number of nitrogens with one attached hydrogen (secondary N) is 1. The fourth-order valence-electron chi connectivity index (χ4n) is 1.17. The first kappa shape index (κ1) is 5.53. The number of rotatable bonds is 0. The van der Waals surface area contributed by atoms with Crippen molar-refractivity contribution < 1.29 is 9.63 Å². The van der Waals surface area contributed by atoms with E-state index < -0.39 is 0 Å². The quantitative estimate of drug-likeness (QED) is 0.532. The number of hydrogen-bond donors (Lipinski definition) is 1. The van der Waals surface area contributed by atoms with Gasteiger partial charge in [0.05, 0.1) is 5.57 Å². The maximum Gasteiger partial charge on any atom is 0.166 e. The van der Waals surface area contributed by atoms with Crippen molar-refractivity contribution >= 4 is 5.78 Å². The largest absolute Gasteiger partial charge is 0.386 e. The molecule has 0 bridgehead atoms. The first-order chi connectivity index (χ1) is 4.88. The lowest BCUT2D eigenvalue weighted by Gasteiger charge is -2.09. The lowest BCUT2D eigenvalue weighted by atomic mass is 10.2. The highest BCUT2D eigenvalue weighted by molar-refractivity contribution is 6.00. The number of Topliss-reactive ketones (excluding diaryl/α,β-unsaturated/α-hetero) is 1. The molecule has 1 aliphatic heterocycles. The first-order valence-corrected chi connectivity index (χ1v) is 3.23. The summed E-state index contributed by atoms with van der Waals surface area (Å²) in [5.74, 6) is 0.972. The van der Waals surface area contributed by atoms with E-state index >= 15 is 0 Å². The number of carbonyl (C=O) groups excluding carboxylic acids is 1. The van der Waals surface area contributed by atoms with Crippen LogP contribution < -0.4 is 5.48 Å². The molecule has 3 nitrogen and oxygen atoms in total. The van der Waals surface area contributed by atoms with Gasteiger partial charge in [0.15, 0.2) is 5.78 Å². The first-order valence-electron chi connectivity index (χ1n) is 3.23. The molecule has 52 valence electrons. The van der Waals surface area contributed by atoms with Gasteiger partial charge in [0.2, 0.25) is 0 Å². The van der Waals surface area contributed by atoms with Crippen molar-refractivity contribution in [3.63, 3.8) is 0 Å². The highest BCUT2D eigenvalue weighted by Gasteiger charge is 2.24. The minimum absolute atomic E-state index is 0.188. The van der Waals surface area contributed by atoms with Gasteiger partial charge in [0, 0.05) is 19.0 Å². The van der Waals surface area contributed by atoms with E-state index in [9.17, 15) is 4.79 Å². The van der Waals surface area contributed by atoms with Crippen LogP contribution in [0.4, 0.5) is 0 Å². The molecule has 0 saturated heterocycles. The Morgan fingerprint density at radius 2 is 2.40 bits per heavy atom. The molecule has 0 aromatic carbocycles. The maximum atomic E-state index is 11.0. The average molecular weight is 137 g/mol. The van der Waals surface area contributed by atoms with Crippen LogP contribution in [-0.4, -0.2) is 5.78 Å². The van der Waals surface area contributed by atoms with Gasteiger partial charge in [-0.2, -0.15) is 0 Å². The number of hydrogen-bond acceptors (Lipinski definition) is 3. The summed E-state index contributed by atoms with van der Waals surface area (Å²) in [5, 5.41) is 0. The summed E-state index contributed by atoms with van der Waals surface area (Å²) in [6.07, 6.45) is 4.72. The Labute approximate surface area is 58.3 Å². The van der Waals surface area contributed by atoms with E-state index in [1.54, 1.807) is 12.3 Å².